The number of ether oxygens (including phenoxy) is 1. The van der Waals surface area contributed by atoms with Gasteiger partial charge in [-0.05, 0) is 46.7 Å². The standard InChI is InChI=1S/C27H28N2O2/c1-19(2)22-11-9-21(10-12-22)17-20(3)27-29-28-26(31-27)18-30-25-15-13-24(14-16-25)23-7-5-4-6-8-23/h4-16,19-20H,17-18H2,1-3H3. The van der Waals surface area contributed by atoms with Crippen molar-refractivity contribution in [2.45, 2.75) is 45.6 Å². The van der Waals surface area contributed by atoms with Crippen molar-refractivity contribution in [1.82, 2.24) is 10.2 Å². The Morgan fingerprint density at radius 2 is 1.45 bits per heavy atom. The second-order valence-electron chi connectivity index (χ2n) is 8.21. The molecule has 0 saturated heterocycles. The zero-order valence-electron chi connectivity index (χ0n) is 18.3. The largest absolute Gasteiger partial charge is 0.484 e. The number of benzene rings is 3. The molecule has 4 nitrogen and oxygen atoms in total. The Kier molecular flexibility index (Phi) is 6.46. The first kappa shape index (κ1) is 20.9. The van der Waals surface area contributed by atoms with Crippen LogP contribution in [-0.2, 0) is 13.0 Å². The molecule has 0 saturated carbocycles. The van der Waals surface area contributed by atoms with Gasteiger partial charge in [0.05, 0.1) is 0 Å². The number of hydrogen-bond acceptors (Lipinski definition) is 4. The summed E-state index contributed by atoms with van der Waals surface area (Å²) in [5.74, 6) is 2.60. The second-order valence-corrected chi connectivity index (χ2v) is 8.21. The van der Waals surface area contributed by atoms with Gasteiger partial charge in [-0.15, -0.1) is 10.2 Å². The summed E-state index contributed by atoms with van der Waals surface area (Å²) in [4.78, 5) is 0. The molecule has 1 aromatic heterocycles. The third-order valence-corrected chi connectivity index (χ3v) is 5.42. The van der Waals surface area contributed by atoms with Gasteiger partial charge in [-0.3, -0.25) is 0 Å². The molecule has 0 N–H and O–H groups in total. The minimum absolute atomic E-state index is 0.149. The van der Waals surface area contributed by atoms with Crippen LogP contribution in [0.3, 0.4) is 0 Å². The summed E-state index contributed by atoms with van der Waals surface area (Å²) in [6, 6.07) is 27.1. The summed E-state index contributed by atoms with van der Waals surface area (Å²) in [6.07, 6.45) is 0.863. The summed E-state index contributed by atoms with van der Waals surface area (Å²) >= 11 is 0. The average Bonchev–Trinajstić information content (AvgIpc) is 3.28. The van der Waals surface area contributed by atoms with Crippen molar-refractivity contribution in [1.29, 1.82) is 0 Å². The van der Waals surface area contributed by atoms with Gasteiger partial charge in [0.1, 0.15) is 5.75 Å². The van der Waals surface area contributed by atoms with Gasteiger partial charge in [0.15, 0.2) is 6.61 Å². The van der Waals surface area contributed by atoms with Gasteiger partial charge in [0.25, 0.3) is 5.89 Å². The highest BCUT2D eigenvalue weighted by Gasteiger charge is 2.15. The van der Waals surface area contributed by atoms with E-state index in [9.17, 15) is 0 Å². The Balaban J connectivity index is 1.32. The lowest BCUT2D eigenvalue weighted by molar-refractivity contribution is 0.257. The minimum atomic E-state index is 0.149. The van der Waals surface area contributed by atoms with Crippen molar-refractivity contribution in [2.24, 2.45) is 0 Å². The molecule has 4 aromatic rings. The molecule has 1 atom stereocenters. The van der Waals surface area contributed by atoms with Crippen LogP contribution in [0, 0.1) is 0 Å². The van der Waals surface area contributed by atoms with Crippen molar-refractivity contribution in [2.75, 3.05) is 0 Å². The molecule has 0 amide bonds. The molecular formula is C27H28N2O2. The van der Waals surface area contributed by atoms with Crippen molar-refractivity contribution in [3.63, 3.8) is 0 Å². The quantitative estimate of drug-likeness (QED) is 0.320. The monoisotopic (exact) mass is 412 g/mol. The van der Waals surface area contributed by atoms with E-state index in [4.69, 9.17) is 9.15 Å². The lowest BCUT2D eigenvalue weighted by atomic mass is 9.97. The Morgan fingerprint density at radius 1 is 0.774 bits per heavy atom. The zero-order chi connectivity index (χ0) is 21.6. The third-order valence-electron chi connectivity index (χ3n) is 5.42. The normalized spacial score (nSPS) is 12.1. The van der Waals surface area contributed by atoms with E-state index >= 15 is 0 Å². The molecule has 158 valence electrons. The molecule has 3 aromatic carbocycles. The van der Waals surface area contributed by atoms with Crippen LogP contribution in [0.25, 0.3) is 11.1 Å². The van der Waals surface area contributed by atoms with Gasteiger partial charge in [0.2, 0.25) is 5.89 Å². The Labute approximate surface area is 183 Å². The second kappa shape index (κ2) is 9.61. The third kappa shape index (κ3) is 5.40. The van der Waals surface area contributed by atoms with Gasteiger partial charge in [-0.1, -0.05) is 87.5 Å². The molecule has 31 heavy (non-hydrogen) atoms. The number of hydrogen-bond donors (Lipinski definition) is 0. The molecule has 0 aliphatic carbocycles. The Bertz CT molecular complexity index is 1080. The summed E-state index contributed by atoms with van der Waals surface area (Å²) in [5, 5.41) is 8.38. The van der Waals surface area contributed by atoms with E-state index in [1.807, 2.05) is 30.3 Å². The summed E-state index contributed by atoms with van der Waals surface area (Å²) in [6.45, 7) is 6.78. The predicted octanol–water partition coefficient (Wildman–Crippen LogP) is 6.79. The lowest BCUT2D eigenvalue weighted by Gasteiger charge is -2.09. The summed E-state index contributed by atoms with van der Waals surface area (Å²) < 4.78 is 11.7. The van der Waals surface area contributed by atoms with Gasteiger partial charge in [-0.2, -0.15) is 0 Å². The molecule has 4 heteroatoms. The fraction of sp³-hybridized carbons (Fsp3) is 0.259. The Morgan fingerprint density at radius 3 is 2.13 bits per heavy atom. The van der Waals surface area contributed by atoms with Gasteiger partial charge in [-0.25, -0.2) is 0 Å². The smallest absolute Gasteiger partial charge is 0.253 e. The first-order valence-corrected chi connectivity index (χ1v) is 10.8. The molecule has 0 bridgehead atoms. The van der Waals surface area contributed by atoms with E-state index < -0.39 is 0 Å². The summed E-state index contributed by atoms with van der Waals surface area (Å²) in [7, 11) is 0. The molecule has 4 rings (SSSR count). The molecule has 0 spiro atoms. The van der Waals surface area contributed by atoms with Crippen LogP contribution in [-0.4, -0.2) is 10.2 Å². The van der Waals surface area contributed by atoms with Gasteiger partial charge < -0.3 is 9.15 Å². The highest BCUT2D eigenvalue weighted by atomic mass is 16.5. The molecule has 1 unspecified atom stereocenters. The molecule has 0 radical (unpaired) electrons. The fourth-order valence-electron chi connectivity index (χ4n) is 3.52. The van der Waals surface area contributed by atoms with Crippen LogP contribution in [0.2, 0.25) is 0 Å². The van der Waals surface area contributed by atoms with Crippen LogP contribution in [0.1, 0.15) is 55.5 Å². The average molecular weight is 413 g/mol. The minimum Gasteiger partial charge on any atom is -0.484 e. The van der Waals surface area contributed by atoms with Gasteiger partial charge in [0, 0.05) is 5.92 Å². The zero-order valence-corrected chi connectivity index (χ0v) is 18.3. The van der Waals surface area contributed by atoms with E-state index in [1.165, 1.54) is 16.7 Å². The van der Waals surface area contributed by atoms with E-state index in [2.05, 4.69) is 79.5 Å². The molecule has 0 aliphatic heterocycles. The lowest BCUT2D eigenvalue weighted by Crippen LogP contribution is -1.99. The maximum atomic E-state index is 5.85. The SMILES string of the molecule is CC(C)c1ccc(CC(C)c2nnc(COc3ccc(-c4ccccc4)cc3)o2)cc1. The number of aromatic nitrogens is 2. The van der Waals surface area contributed by atoms with Crippen LogP contribution < -0.4 is 4.74 Å². The highest BCUT2D eigenvalue weighted by Crippen LogP contribution is 2.24. The van der Waals surface area contributed by atoms with Crippen molar-refractivity contribution in [3.05, 3.63) is 102 Å². The molecule has 0 aliphatic rings. The van der Waals surface area contributed by atoms with Crippen molar-refractivity contribution in [3.8, 4) is 16.9 Å². The number of rotatable bonds is 8. The topological polar surface area (TPSA) is 48.2 Å². The first-order chi connectivity index (χ1) is 15.1. The Hall–Kier alpha value is -3.40. The summed E-state index contributed by atoms with van der Waals surface area (Å²) in [5.41, 5.74) is 4.96. The predicted molar refractivity (Wildman–Crippen MR) is 123 cm³/mol. The van der Waals surface area contributed by atoms with E-state index in [-0.39, 0.29) is 12.5 Å². The van der Waals surface area contributed by atoms with Crippen LogP contribution >= 0.6 is 0 Å². The van der Waals surface area contributed by atoms with Crippen LogP contribution in [0.15, 0.2) is 83.3 Å². The van der Waals surface area contributed by atoms with E-state index in [1.54, 1.807) is 0 Å². The van der Waals surface area contributed by atoms with Crippen LogP contribution in [0.5, 0.6) is 5.75 Å². The molecule has 1 heterocycles. The maximum Gasteiger partial charge on any atom is 0.253 e. The molecule has 0 fully saturated rings. The first-order valence-electron chi connectivity index (χ1n) is 10.8. The van der Waals surface area contributed by atoms with E-state index in [0.29, 0.717) is 17.7 Å². The number of nitrogens with zero attached hydrogens (tertiary/aromatic N) is 2. The van der Waals surface area contributed by atoms with Gasteiger partial charge >= 0.3 is 0 Å². The molecular weight excluding hydrogens is 384 g/mol. The van der Waals surface area contributed by atoms with Crippen LogP contribution in [0.4, 0.5) is 0 Å². The van der Waals surface area contributed by atoms with Crippen molar-refractivity contribution < 1.29 is 9.15 Å². The van der Waals surface area contributed by atoms with E-state index in [0.717, 1.165) is 17.7 Å². The van der Waals surface area contributed by atoms with Crippen molar-refractivity contribution >= 4 is 0 Å². The highest BCUT2D eigenvalue weighted by molar-refractivity contribution is 5.63. The maximum absolute atomic E-state index is 5.85. The fourth-order valence-corrected chi connectivity index (χ4v) is 3.52.